The summed E-state index contributed by atoms with van der Waals surface area (Å²) in [4.78, 5) is 8.91. The number of hydrogen-bond donors (Lipinski definition) is 1. The van der Waals surface area contributed by atoms with Gasteiger partial charge in [-0.15, -0.1) is 0 Å². The molecule has 0 fully saturated rings. The number of nitrogens with zero attached hydrogens (tertiary/aromatic N) is 2. The predicted molar refractivity (Wildman–Crippen MR) is 87.7 cm³/mol. The topological polar surface area (TPSA) is 46.5 Å². The third-order valence-electron chi connectivity index (χ3n) is 3.63. The van der Waals surface area contributed by atoms with E-state index in [1.54, 1.807) is 6.20 Å². The van der Waals surface area contributed by atoms with Crippen molar-refractivity contribution in [2.24, 2.45) is 4.99 Å². The summed E-state index contributed by atoms with van der Waals surface area (Å²) in [6.07, 6.45) is 1.78. The molecule has 4 heteroatoms. The maximum Gasteiger partial charge on any atom is 0.153 e. The zero-order valence-electron chi connectivity index (χ0n) is 12.0. The summed E-state index contributed by atoms with van der Waals surface area (Å²) in [6, 6.07) is 17.8. The van der Waals surface area contributed by atoms with Crippen molar-refractivity contribution in [3.63, 3.8) is 0 Å². The van der Waals surface area contributed by atoms with Crippen LogP contribution in [-0.4, -0.2) is 23.9 Å². The molecule has 0 spiro atoms. The highest BCUT2D eigenvalue weighted by molar-refractivity contribution is 6.02. The minimum atomic E-state index is 0.754. The van der Waals surface area contributed by atoms with Crippen LogP contribution in [0.15, 0.2) is 65.8 Å². The second-order valence-electron chi connectivity index (χ2n) is 5.09. The van der Waals surface area contributed by atoms with Gasteiger partial charge in [0.05, 0.1) is 12.1 Å². The highest BCUT2D eigenvalue weighted by Crippen LogP contribution is 2.30. The Morgan fingerprint density at radius 2 is 1.77 bits per heavy atom. The van der Waals surface area contributed by atoms with E-state index in [1.165, 1.54) is 0 Å². The van der Waals surface area contributed by atoms with Gasteiger partial charge in [-0.3, -0.25) is 9.98 Å². The van der Waals surface area contributed by atoms with Gasteiger partial charge in [0.25, 0.3) is 0 Å². The average Bonchev–Trinajstić information content (AvgIpc) is 3.10. The first-order valence-corrected chi connectivity index (χ1v) is 7.31. The predicted octanol–water partition coefficient (Wildman–Crippen LogP) is 3.38. The summed E-state index contributed by atoms with van der Waals surface area (Å²) >= 11 is 0. The summed E-state index contributed by atoms with van der Waals surface area (Å²) in [5.74, 6) is 2.43. The SMILES string of the molecule is c1ccc(C2=NCCN2)c(Oc2cccc3cccnc23)c1. The zero-order valence-corrected chi connectivity index (χ0v) is 12.0. The molecule has 4 nitrogen and oxygen atoms in total. The Labute approximate surface area is 128 Å². The minimum absolute atomic E-state index is 0.754. The quantitative estimate of drug-likeness (QED) is 0.804. The summed E-state index contributed by atoms with van der Waals surface area (Å²) in [7, 11) is 0. The van der Waals surface area contributed by atoms with Gasteiger partial charge in [-0.25, -0.2) is 0 Å². The molecule has 4 rings (SSSR count). The molecule has 1 aromatic heterocycles. The molecule has 1 aliphatic rings. The molecule has 0 aliphatic carbocycles. The van der Waals surface area contributed by atoms with Crippen LogP contribution in [0.3, 0.4) is 0 Å². The fourth-order valence-electron chi connectivity index (χ4n) is 2.61. The molecule has 22 heavy (non-hydrogen) atoms. The van der Waals surface area contributed by atoms with Gasteiger partial charge in [0, 0.05) is 18.1 Å². The van der Waals surface area contributed by atoms with Gasteiger partial charge < -0.3 is 10.1 Å². The summed E-state index contributed by atoms with van der Waals surface area (Å²) < 4.78 is 6.15. The summed E-state index contributed by atoms with van der Waals surface area (Å²) in [6.45, 7) is 1.68. The van der Waals surface area contributed by atoms with Crippen molar-refractivity contribution >= 4 is 16.7 Å². The summed E-state index contributed by atoms with van der Waals surface area (Å²) in [5, 5.41) is 4.35. The lowest BCUT2D eigenvalue weighted by molar-refractivity contribution is 0.486. The molecule has 108 valence electrons. The van der Waals surface area contributed by atoms with Crippen molar-refractivity contribution in [2.45, 2.75) is 0 Å². The smallest absolute Gasteiger partial charge is 0.153 e. The number of aliphatic imine (C=N–C) groups is 1. The normalized spacial score (nSPS) is 13.7. The molecule has 0 amide bonds. The van der Waals surface area contributed by atoms with E-state index in [1.807, 2.05) is 54.6 Å². The van der Waals surface area contributed by atoms with Crippen LogP contribution in [0.4, 0.5) is 0 Å². The van der Waals surface area contributed by atoms with Crippen LogP contribution in [0.25, 0.3) is 10.9 Å². The second kappa shape index (κ2) is 5.48. The Morgan fingerprint density at radius 3 is 2.68 bits per heavy atom. The third-order valence-corrected chi connectivity index (χ3v) is 3.63. The van der Waals surface area contributed by atoms with Gasteiger partial charge in [-0.1, -0.05) is 30.3 Å². The molecule has 1 aliphatic heterocycles. The van der Waals surface area contributed by atoms with Crippen LogP contribution in [0.2, 0.25) is 0 Å². The first-order valence-electron chi connectivity index (χ1n) is 7.31. The van der Waals surface area contributed by atoms with Crippen molar-refractivity contribution in [1.29, 1.82) is 0 Å². The van der Waals surface area contributed by atoms with E-state index in [9.17, 15) is 0 Å². The maximum atomic E-state index is 6.15. The van der Waals surface area contributed by atoms with Crippen LogP contribution in [-0.2, 0) is 0 Å². The average molecular weight is 289 g/mol. The Balaban J connectivity index is 1.77. The molecule has 2 aromatic carbocycles. The Morgan fingerprint density at radius 1 is 0.909 bits per heavy atom. The van der Waals surface area contributed by atoms with E-state index in [0.29, 0.717) is 0 Å². The van der Waals surface area contributed by atoms with Crippen LogP contribution in [0.5, 0.6) is 11.5 Å². The fraction of sp³-hybridized carbons (Fsp3) is 0.111. The highest BCUT2D eigenvalue weighted by Gasteiger charge is 2.14. The number of rotatable bonds is 3. The second-order valence-corrected chi connectivity index (χ2v) is 5.09. The van der Waals surface area contributed by atoms with Gasteiger partial charge >= 0.3 is 0 Å². The van der Waals surface area contributed by atoms with E-state index in [2.05, 4.69) is 15.3 Å². The number of fused-ring (bicyclic) bond motifs is 1. The number of aromatic nitrogens is 1. The summed E-state index contributed by atoms with van der Waals surface area (Å²) in [5.41, 5.74) is 1.84. The lowest BCUT2D eigenvalue weighted by Gasteiger charge is -2.12. The largest absolute Gasteiger partial charge is 0.454 e. The molecular weight excluding hydrogens is 274 g/mol. The molecule has 3 aromatic rings. The lowest BCUT2D eigenvalue weighted by Crippen LogP contribution is -2.19. The molecular formula is C18H15N3O. The molecule has 1 N–H and O–H groups in total. The third kappa shape index (κ3) is 2.29. The number of para-hydroxylation sites is 2. The van der Waals surface area contributed by atoms with E-state index >= 15 is 0 Å². The Bertz CT molecular complexity index is 852. The maximum absolute atomic E-state index is 6.15. The van der Waals surface area contributed by atoms with E-state index in [0.717, 1.165) is 46.9 Å². The van der Waals surface area contributed by atoms with Gasteiger partial charge in [-0.05, 0) is 24.3 Å². The van der Waals surface area contributed by atoms with Crippen LogP contribution < -0.4 is 10.1 Å². The van der Waals surface area contributed by atoms with E-state index < -0.39 is 0 Å². The molecule has 0 unspecified atom stereocenters. The van der Waals surface area contributed by atoms with Crippen molar-refractivity contribution in [3.05, 3.63) is 66.4 Å². The van der Waals surface area contributed by atoms with Gasteiger partial charge in [0.2, 0.25) is 0 Å². The number of benzene rings is 2. The first kappa shape index (κ1) is 12.8. The van der Waals surface area contributed by atoms with Crippen LogP contribution >= 0.6 is 0 Å². The number of amidine groups is 1. The van der Waals surface area contributed by atoms with Crippen molar-refractivity contribution < 1.29 is 4.74 Å². The fourth-order valence-corrected chi connectivity index (χ4v) is 2.61. The van der Waals surface area contributed by atoms with Crippen LogP contribution in [0.1, 0.15) is 5.56 Å². The highest BCUT2D eigenvalue weighted by atomic mass is 16.5. The molecule has 0 bridgehead atoms. The van der Waals surface area contributed by atoms with Gasteiger partial charge in [-0.2, -0.15) is 0 Å². The van der Waals surface area contributed by atoms with Crippen molar-refractivity contribution in [2.75, 3.05) is 13.1 Å². The zero-order chi connectivity index (χ0) is 14.8. The molecule has 0 atom stereocenters. The van der Waals surface area contributed by atoms with Crippen LogP contribution in [0, 0.1) is 0 Å². The van der Waals surface area contributed by atoms with Gasteiger partial charge in [0.1, 0.15) is 17.1 Å². The molecule has 0 saturated heterocycles. The van der Waals surface area contributed by atoms with Gasteiger partial charge in [0.15, 0.2) is 5.75 Å². The molecule has 0 radical (unpaired) electrons. The van der Waals surface area contributed by atoms with E-state index in [-0.39, 0.29) is 0 Å². The first-order chi connectivity index (χ1) is 10.9. The monoisotopic (exact) mass is 289 g/mol. The lowest BCUT2D eigenvalue weighted by atomic mass is 10.1. The number of nitrogens with one attached hydrogen (secondary N) is 1. The number of hydrogen-bond acceptors (Lipinski definition) is 4. The number of pyridine rings is 1. The van der Waals surface area contributed by atoms with Crippen molar-refractivity contribution in [1.82, 2.24) is 10.3 Å². The number of ether oxygens (including phenoxy) is 1. The Kier molecular flexibility index (Phi) is 3.20. The van der Waals surface area contributed by atoms with Crippen molar-refractivity contribution in [3.8, 4) is 11.5 Å². The minimum Gasteiger partial charge on any atom is -0.454 e. The Hall–Kier alpha value is -2.88. The van der Waals surface area contributed by atoms with E-state index in [4.69, 9.17) is 4.74 Å². The molecule has 0 saturated carbocycles. The molecule has 2 heterocycles. The standard InChI is InChI=1S/C18H15N3O/c1-2-8-15(14(7-1)18-20-11-12-21-18)22-16-9-3-5-13-6-4-10-19-17(13)16/h1-10H,11-12H2,(H,20,21).